The number of aromatic nitrogens is 2. The molecule has 0 amide bonds. The predicted octanol–water partition coefficient (Wildman–Crippen LogP) is 0.850. The van der Waals surface area contributed by atoms with Crippen molar-refractivity contribution in [1.29, 1.82) is 0 Å². The number of H-pyrrole nitrogens is 1. The van der Waals surface area contributed by atoms with Gasteiger partial charge >= 0.3 is 0 Å². The summed E-state index contributed by atoms with van der Waals surface area (Å²) in [4.78, 5) is 20.8. The second kappa shape index (κ2) is 5.87. The molecular formula is C12H18N4O3S. The zero-order valence-electron chi connectivity index (χ0n) is 11.5. The molecule has 8 heteroatoms. The molecule has 1 saturated heterocycles. The van der Waals surface area contributed by atoms with Crippen LogP contribution < -0.4 is 0 Å². The molecule has 2 heterocycles. The molecule has 2 rings (SSSR count). The number of aromatic amines is 1. The summed E-state index contributed by atoms with van der Waals surface area (Å²) in [5.41, 5.74) is 0. The Balaban J connectivity index is 2.20. The first-order valence-corrected chi connectivity index (χ1v) is 8.05. The van der Waals surface area contributed by atoms with Crippen LogP contribution in [0.1, 0.15) is 32.5 Å². The van der Waals surface area contributed by atoms with E-state index in [-0.39, 0.29) is 17.1 Å². The SMILES string of the molecule is CCc1ncc(S(=O)(=O)N2CCC(N=C=O)CC2C)[nH]1. The van der Waals surface area contributed by atoms with E-state index in [4.69, 9.17) is 0 Å². The van der Waals surface area contributed by atoms with Gasteiger partial charge in [0.15, 0.2) is 5.03 Å². The van der Waals surface area contributed by atoms with Crippen LogP contribution in [0.5, 0.6) is 0 Å². The largest absolute Gasteiger partial charge is 0.332 e. The van der Waals surface area contributed by atoms with Crippen LogP contribution >= 0.6 is 0 Å². The summed E-state index contributed by atoms with van der Waals surface area (Å²) >= 11 is 0. The molecule has 1 aromatic rings. The standard InChI is InChI=1S/C12H18N4O3S/c1-3-11-13-7-12(15-11)20(18,19)16-5-4-10(14-8-17)6-9(16)2/h7,9-10H,3-6H2,1-2H3,(H,13,15). The molecule has 110 valence electrons. The highest BCUT2D eigenvalue weighted by atomic mass is 32.2. The summed E-state index contributed by atoms with van der Waals surface area (Å²) in [5, 5.41) is 0.124. The lowest BCUT2D eigenvalue weighted by atomic mass is 10.0. The van der Waals surface area contributed by atoms with E-state index in [0.29, 0.717) is 31.6 Å². The van der Waals surface area contributed by atoms with Crippen LogP contribution in [0, 0.1) is 0 Å². The van der Waals surface area contributed by atoms with Crippen LogP contribution in [0.2, 0.25) is 0 Å². The van der Waals surface area contributed by atoms with Crippen LogP contribution in [0.4, 0.5) is 0 Å². The molecule has 1 N–H and O–H groups in total. The monoisotopic (exact) mass is 298 g/mol. The third-order valence-electron chi connectivity index (χ3n) is 3.55. The number of aliphatic imine (C=N–C) groups is 1. The van der Waals surface area contributed by atoms with E-state index in [0.717, 1.165) is 0 Å². The number of hydrogen-bond donors (Lipinski definition) is 1. The van der Waals surface area contributed by atoms with Gasteiger partial charge in [0.2, 0.25) is 6.08 Å². The van der Waals surface area contributed by atoms with Crippen molar-refractivity contribution in [3.8, 4) is 0 Å². The van der Waals surface area contributed by atoms with Crippen LogP contribution in [0.3, 0.4) is 0 Å². The van der Waals surface area contributed by atoms with Gasteiger partial charge in [-0.15, -0.1) is 0 Å². The minimum atomic E-state index is -3.56. The number of aryl methyl sites for hydroxylation is 1. The lowest BCUT2D eigenvalue weighted by Gasteiger charge is -2.34. The highest BCUT2D eigenvalue weighted by Crippen LogP contribution is 2.25. The topological polar surface area (TPSA) is 95.5 Å². The summed E-state index contributed by atoms with van der Waals surface area (Å²) in [6.45, 7) is 4.07. The minimum absolute atomic E-state index is 0.124. The maximum atomic E-state index is 12.5. The molecule has 1 aromatic heterocycles. The van der Waals surface area contributed by atoms with Crippen LogP contribution in [-0.2, 0) is 21.2 Å². The number of nitrogens with zero attached hydrogens (tertiary/aromatic N) is 3. The average molecular weight is 298 g/mol. The smallest absolute Gasteiger partial charge is 0.260 e. The Morgan fingerprint density at radius 1 is 1.60 bits per heavy atom. The van der Waals surface area contributed by atoms with Crippen molar-refractivity contribution in [2.75, 3.05) is 6.54 Å². The zero-order chi connectivity index (χ0) is 14.8. The van der Waals surface area contributed by atoms with E-state index >= 15 is 0 Å². The average Bonchev–Trinajstić information content (AvgIpc) is 2.88. The molecule has 1 fully saturated rings. The number of isocyanates is 1. The number of carbonyl (C=O) groups excluding carboxylic acids is 1. The number of rotatable bonds is 4. The molecule has 2 unspecified atom stereocenters. The van der Waals surface area contributed by atoms with Gasteiger partial charge in [0.25, 0.3) is 10.0 Å². The number of sulfonamides is 1. The van der Waals surface area contributed by atoms with Crippen LogP contribution in [-0.4, -0.2) is 47.4 Å². The second-order valence-electron chi connectivity index (χ2n) is 4.91. The van der Waals surface area contributed by atoms with E-state index in [2.05, 4.69) is 15.0 Å². The molecule has 0 bridgehead atoms. The lowest BCUT2D eigenvalue weighted by Crippen LogP contribution is -2.45. The maximum absolute atomic E-state index is 12.5. The van der Waals surface area contributed by atoms with Gasteiger partial charge in [0.05, 0.1) is 12.2 Å². The van der Waals surface area contributed by atoms with E-state index in [1.54, 1.807) is 6.08 Å². The molecule has 0 aromatic carbocycles. The van der Waals surface area contributed by atoms with Crippen molar-refractivity contribution in [3.05, 3.63) is 12.0 Å². The third-order valence-corrected chi connectivity index (χ3v) is 5.47. The number of nitrogens with one attached hydrogen (secondary N) is 1. The summed E-state index contributed by atoms with van der Waals surface area (Å²) in [5.74, 6) is 0.650. The van der Waals surface area contributed by atoms with E-state index < -0.39 is 10.0 Å². The normalized spacial score (nSPS) is 24.3. The van der Waals surface area contributed by atoms with E-state index in [1.165, 1.54) is 10.5 Å². The number of piperidine rings is 1. The van der Waals surface area contributed by atoms with Gasteiger partial charge in [-0.1, -0.05) is 6.92 Å². The molecule has 2 atom stereocenters. The van der Waals surface area contributed by atoms with Crippen molar-refractivity contribution in [2.24, 2.45) is 4.99 Å². The Hall–Kier alpha value is -1.50. The number of imidazole rings is 1. The minimum Gasteiger partial charge on any atom is -0.332 e. The van der Waals surface area contributed by atoms with Gasteiger partial charge in [-0.25, -0.2) is 23.2 Å². The molecular weight excluding hydrogens is 280 g/mol. The Morgan fingerprint density at radius 2 is 2.35 bits per heavy atom. The van der Waals surface area contributed by atoms with Crippen molar-refractivity contribution in [1.82, 2.24) is 14.3 Å². The maximum Gasteiger partial charge on any atom is 0.260 e. The van der Waals surface area contributed by atoms with Crippen molar-refractivity contribution < 1.29 is 13.2 Å². The Labute approximate surface area is 118 Å². The molecule has 1 aliphatic rings. The lowest BCUT2D eigenvalue weighted by molar-refractivity contribution is 0.247. The molecule has 0 aliphatic carbocycles. The van der Waals surface area contributed by atoms with Gasteiger partial charge < -0.3 is 4.98 Å². The molecule has 1 aliphatic heterocycles. The summed E-state index contributed by atoms with van der Waals surface area (Å²) in [6, 6.07) is -0.342. The Bertz CT molecular complexity index is 618. The Morgan fingerprint density at radius 3 is 2.90 bits per heavy atom. The van der Waals surface area contributed by atoms with Crippen molar-refractivity contribution in [2.45, 2.75) is 50.2 Å². The van der Waals surface area contributed by atoms with E-state index in [1.807, 2.05) is 13.8 Å². The van der Waals surface area contributed by atoms with Gasteiger partial charge in [-0.3, -0.25) is 0 Å². The highest BCUT2D eigenvalue weighted by Gasteiger charge is 2.35. The molecule has 20 heavy (non-hydrogen) atoms. The predicted molar refractivity (Wildman–Crippen MR) is 72.5 cm³/mol. The fraction of sp³-hybridized carbons (Fsp3) is 0.667. The van der Waals surface area contributed by atoms with Gasteiger partial charge in [-0.2, -0.15) is 4.31 Å². The van der Waals surface area contributed by atoms with Crippen molar-refractivity contribution >= 4 is 16.1 Å². The zero-order valence-corrected chi connectivity index (χ0v) is 12.4. The highest BCUT2D eigenvalue weighted by molar-refractivity contribution is 7.89. The fourth-order valence-electron chi connectivity index (χ4n) is 2.46. The quantitative estimate of drug-likeness (QED) is 0.658. The Kier molecular flexibility index (Phi) is 4.37. The van der Waals surface area contributed by atoms with Crippen LogP contribution in [0.15, 0.2) is 16.2 Å². The number of hydrogen-bond acceptors (Lipinski definition) is 5. The second-order valence-corrected chi connectivity index (χ2v) is 6.77. The molecule has 0 spiro atoms. The first-order valence-electron chi connectivity index (χ1n) is 6.61. The first-order chi connectivity index (χ1) is 9.48. The van der Waals surface area contributed by atoms with E-state index in [9.17, 15) is 13.2 Å². The van der Waals surface area contributed by atoms with Gasteiger partial charge in [0.1, 0.15) is 5.82 Å². The summed E-state index contributed by atoms with van der Waals surface area (Å²) in [6.07, 6.45) is 4.62. The van der Waals surface area contributed by atoms with Crippen molar-refractivity contribution in [3.63, 3.8) is 0 Å². The third kappa shape index (κ3) is 2.82. The first kappa shape index (κ1) is 14.9. The van der Waals surface area contributed by atoms with Gasteiger partial charge in [-0.05, 0) is 19.8 Å². The molecule has 0 saturated carbocycles. The fourth-order valence-corrected chi connectivity index (χ4v) is 4.05. The molecule has 7 nitrogen and oxygen atoms in total. The van der Waals surface area contributed by atoms with Gasteiger partial charge in [0, 0.05) is 19.0 Å². The van der Waals surface area contributed by atoms with Crippen LogP contribution in [0.25, 0.3) is 0 Å². The summed E-state index contributed by atoms with van der Waals surface area (Å²) in [7, 11) is -3.56. The summed E-state index contributed by atoms with van der Waals surface area (Å²) < 4.78 is 26.5. The molecule has 0 radical (unpaired) electrons.